The smallest absolute Gasteiger partial charge is 0.223 e. The number of H-pyrrole nitrogens is 1. The Morgan fingerprint density at radius 3 is 2.81 bits per heavy atom. The van der Waals surface area contributed by atoms with Crippen LogP contribution in [0.3, 0.4) is 0 Å². The number of rotatable bonds is 4. The maximum atomic E-state index is 13.0. The van der Waals surface area contributed by atoms with Crippen LogP contribution in [0.4, 0.5) is 0 Å². The highest BCUT2D eigenvalue weighted by atomic mass is 16.2. The van der Waals surface area contributed by atoms with Gasteiger partial charge in [-0.15, -0.1) is 0 Å². The number of nitrogens with zero attached hydrogens (tertiary/aromatic N) is 4. The van der Waals surface area contributed by atoms with Crippen molar-refractivity contribution in [2.24, 2.45) is 7.05 Å². The van der Waals surface area contributed by atoms with Gasteiger partial charge in [0.25, 0.3) is 0 Å². The number of carbonyl (C=O) groups excluding carboxylic acids is 1. The van der Waals surface area contributed by atoms with Crippen LogP contribution in [0, 0.1) is 20.8 Å². The molecule has 3 aromatic rings. The Morgan fingerprint density at radius 2 is 2.11 bits per heavy atom. The lowest BCUT2D eigenvalue weighted by atomic mass is 10.1. The minimum absolute atomic E-state index is 0.0559. The van der Waals surface area contributed by atoms with E-state index >= 15 is 0 Å². The number of imidazole rings is 1. The van der Waals surface area contributed by atoms with Gasteiger partial charge in [-0.25, -0.2) is 4.98 Å². The summed E-state index contributed by atoms with van der Waals surface area (Å²) in [6.45, 7) is 6.96. The fraction of sp³-hybridized carbons (Fsp3) is 0.476. The van der Waals surface area contributed by atoms with Crippen LogP contribution >= 0.6 is 0 Å². The van der Waals surface area contributed by atoms with Crippen LogP contribution in [0.5, 0.6) is 0 Å². The number of aryl methyl sites for hydroxylation is 3. The first-order chi connectivity index (χ1) is 13.0. The summed E-state index contributed by atoms with van der Waals surface area (Å²) in [6, 6.07) is 6.22. The van der Waals surface area contributed by atoms with E-state index in [-0.39, 0.29) is 11.9 Å². The summed E-state index contributed by atoms with van der Waals surface area (Å²) in [5, 5.41) is 4.46. The Balaban J connectivity index is 1.52. The molecule has 1 saturated heterocycles. The summed E-state index contributed by atoms with van der Waals surface area (Å²) >= 11 is 0. The maximum Gasteiger partial charge on any atom is 0.223 e. The van der Waals surface area contributed by atoms with E-state index in [9.17, 15) is 4.79 Å². The Hall–Kier alpha value is -2.63. The van der Waals surface area contributed by atoms with Crippen molar-refractivity contribution in [1.82, 2.24) is 24.6 Å². The molecule has 6 nitrogen and oxygen atoms in total. The molecule has 1 unspecified atom stereocenters. The summed E-state index contributed by atoms with van der Waals surface area (Å²) in [7, 11) is 1.95. The number of nitrogens with one attached hydrogen (secondary N) is 1. The van der Waals surface area contributed by atoms with Crippen molar-refractivity contribution in [2.45, 2.75) is 52.5 Å². The average Bonchev–Trinajstić information content (AvgIpc) is 3.33. The summed E-state index contributed by atoms with van der Waals surface area (Å²) in [5.74, 6) is 1.12. The molecule has 142 valence electrons. The number of carbonyl (C=O) groups is 1. The molecule has 0 aliphatic carbocycles. The van der Waals surface area contributed by atoms with Gasteiger partial charge in [-0.2, -0.15) is 5.10 Å². The van der Waals surface area contributed by atoms with Gasteiger partial charge in [-0.1, -0.05) is 12.1 Å². The van der Waals surface area contributed by atoms with Gasteiger partial charge in [0.05, 0.1) is 22.8 Å². The number of para-hydroxylation sites is 1. The van der Waals surface area contributed by atoms with E-state index in [4.69, 9.17) is 4.98 Å². The van der Waals surface area contributed by atoms with Crippen LogP contribution < -0.4 is 0 Å². The van der Waals surface area contributed by atoms with Crippen LogP contribution in [0.1, 0.15) is 53.6 Å². The summed E-state index contributed by atoms with van der Waals surface area (Å²) in [4.78, 5) is 23.2. The molecule has 6 heteroatoms. The Morgan fingerprint density at radius 1 is 1.30 bits per heavy atom. The second-order valence-corrected chi connectivity index (χ2v) is 7.61. The van der Waals surface area contributed by atoms with Crippen molar-refractivity contribution in [3.8, 4) is 0 Å². The number of amides is 1. The lowest BCUT2D eigenvalue weighted by molar-refractivity contribution is -0.132. The third-order valence-electron chi connectivity index (χ3n) is 5.87. The van der Waals surface area contributed by atoms with Crippen LogP contribution in [0.25, 0.3) is 11.0 Å². The Kier molecular flexibility index (Phi) is 4.50. The molecule has 2 aromatic heterocycles. The lowest BCUT2D eigenvalue weighted by Crippen LogP contribution is -2.31. The molecule has 4 rings (SSSR count). The molecule has 1 amide bonds. The monoisotopic (exact) mass is 365 g/mol. The highest BCUT2D eigenvalue weighted by Crippen LogP contribution is 2.32. The normalized spacial score (nSPS) is 17.2. The highest BCUT2D eigenvalue weighted by molar-refractivity contribution is 5.80. The number of aromatic nitrogens is 4. The molecule has 0 bridgehead atoms. The lowest BCUT2D eigenvalue weighted by Gasteiger charge is -2.23. The number of fused-ring (bicyclic) bond motifs is 1. The largest absolute Gasteiger partial charge is 0.340 e. The van der Waals surface area contributed by atoms with Gasteiger partial charge in [0.1, 0.15) is 5.82 Å². The second kappa shape index (κ2) is 6.83. The zero-order valence-electron chi connectivity index (χ0n) is 16.5. The van der Waals surface area contributed by atoms with Gasteiger partial charge >= 0.3 is 0 Å². The third kappa shape index (κ3) is 3.13. The number of hydrogen-bond acceptors (Lipinski definition) is 3. The number of aromatic amines is 1. The molecule has 1 atom stereocenters. The highest BCUT2D eigenvalue weighted by Gasteiger charge is 2.32. The van der Waals surface area contributed by atoms with Gasteiger partial charge in [0, 0.05) is 25.7 Å². The van der Waals surface area contributed by atoms with E-state index < -0.39 is 0 Å². The SMILES string of the molecule is Cc1nn(C)c(C)c1CCC(=O)N1CCCC1c1nc2c(C)cccc2[nH]1. The van der Waals surface area contributed by atoms with Gasteiger partial charge < -0.3 is 9.88 Å². The van der Waals surface area contributed by atoms with E-state index in [1.165, 1.54) is 5.56 Å². The van der Waals surface area contributed by atoms with Crippen molar-refractivity contribution < 1.29 is 4.79 Å². The molecule has 1 fully saturated rings. The summed E-state index contributed by atoms with van der Waals surface area (Å²) < 4.78 is 1.89. The fourth-order valence-electron chi connectivity index (χ4n) is 4.26. The van der Waals surface area contributed by atoms with Crippen molar-refractivity contribution in [2.75, 3.05) is 6.54 Å². The molecule has 1 aromatic carbocycles. The first-order valence-corrected chi connectivity index (χ1v) is 9.69. The van der Waals surface area contributed by atoms with E-state index in [0.717, 1.165) is 59.6 Å². The molecule has 0 radical (unpaired) electrons. The van der Waals surface area contributed by atoms with Gasteiger partial charge in [0.2, 0.25) is 5.91 Å². The maximum absolute atomic E-state index is 13.0. The second-order valence-electron chi connectivity index (χ2n) is 7.61. The zero-order chi connectivity index (χ0) is 19.1. The number of hydrogen-bond donors (Lipinski definition) is 1. The van der Waals surface area contributed by atoms with E-state index in [1.54, 1.807) is 0 Å². The van der Waals surface area contributed by atoms with Crippen molar-refractivity contribution in [1.29, 1.82) is 0 Å². The van der Waals surface area contributed by atoms with E-state index in [1.807, 2.05) is 35.7 Å². The van der Waals surface area contributed by atoms with Crippen LogP contribution in [0.2, 0.25) is 0 Å². The molecule has 27 heavy (non-hydrogen) atoms. The van der Waals surface area contributed by atoms with Crippen molar-refractivity contribution in [3.63, 3.8) is 0 Å². The van der Waals surface area contributed by atoms with Gasteiger partial charge in [-0.3, -0.25) is 9.48 Å². The minimum Gasteiger partial charge on any atom is -0.340 e. The fourth-order valence-corrected chi connectivity index (χ4v) is 4.26. The van der Waals surface area contributed by atoms with Crippen molar-refractivity contribution in [3.05, 3.63) is 46.5 Å². The van der Waals surface area contributed by atoms with E-state index in [0.29, 0.717) is 6.42 Å². The standard InChI is InChI=1S/C21H27N5O/c1-13-7-5-8-17-20(13)23-21(22-17)18-9-6-12-26(18)19(27)11-10-16-14(2)24-25(4)15(16)3/h5,7-8,18H,6,9-12H2,1-4H3,(H,22,23). The molecular weight excluding hydrogens is 338 g/mol. The first-order valence-electron chi connectivity index (χ1n) is 9.69. The average molecular weight is 365 g/mol. The van der Waals surface area contributed by atoms with Gasteiger partial charge in [-0.05, 0) is 57.2 Å². The summed E-state index contributed by atoms with van der Waals surface area (Å²) in [5.41, 5.74) is 6.58. The molecule has 0 spiro atoms. The van der Waals surface area contributed by atoms with E-state index in [2.05, 4.69) is 30.0 Å². The topological polar surface area (TPSA) is 66.8 Å². The van der Waals surface area contributed by atoms with Crippen LogP contribution in [0.15, 0.2) is 18.2 Å². The predicted molar refractivity (Wildman–Crippen MR) is 106 cm³/mol. The van der Waals surface area contributed by atoms with Crippen molar-refractivity contribution >= 4 is 16.9 Å². The van der Waals surface area contributed by atoms with Crippen LogP contribution in [-0.4, -0.2) is 37.1 Å². The van der Waals surface area contributed by atoms with Gasteiger partial charge in [0.15, 0.2) is 0 Å². The number of likely N-dealkylation sites (tertiary alicyclic amines) is 1. The molecule has 1 aliphatic rings. The zero-order valence-corrected chi connectivity index (χ0v) is 16.5. The summed E-state index contributed by atoms with van der Waals surface area (Å²) in [6.07, 6.45) is 3.25. The minimum atomic E-state index is 0.0559. The molecular formula is C21H27N5O. The predicted octanol–water partition coefficient (Wildman–Crippen LogP) is 3.52. The Labute approximate surface area is 159 Å². The molecule has 3 heterocycles. The number of benzene rings is 1. The van der Waals surface area contributed by atoms with Crippen LogP contribution in [-0.2, 0) is 18.3 Å². The third-order valence-corrected chi connectivity index (χ3v) is 5.87. The molecule has 1 N–H and O–H groups in total. The Bertz CT molecular complexity index is 1000. The quantitative estimate of drug-likeness (QED) is 0.769. The molecule has 0 saturated carbocycles. The molecule has 1 aliphatic heterocycles. The first kappa shape index (κ1) is 17.8.